The molecule has 2 unspecified atom stereocenters. The lowest BCUT2D eigenvalue weighted by Gasteiger charge is -1.97. The van der Waals surface area contributed by atoms with E-state index in [1.165, 1.54) is 0 Å². The maximum atomic E-state index is 11.2. The van der Waals surface area contributed by atoms with Crippen molar-refractivity contribution in [1.29, 1.82) is 0 Å². The van der Waals surface area contributed by atoms with Crippen LogP contribution < -0.4 is 5.32 Å². The van der Waals surface area contributed by atoms with Gasteiger partial charge in [0.15, 0.2) is 5.65 Å². The van der Waals surface area contributed by atoms with Crippen molar-refractivity contribution >= 4 is 23.0 Å². The first-order valence-electron chi connectivity index (χ1n) is 6.22. The number of nitrogens with zero attached hydrogens (tertiary/aromatic N) is 2. The molecule has 0 saturated heterocycles. The molecule has 0 radical (unpaired) electrons. The van der Waals surface area contributed by atoms with Gasteiger partial charge in [0, 0.05) is 13.0 Å². The number of hydrogen-bond acceptors (Lipinski definition) is 4. The van der Waals surface area contributed by atoms with Crippen LogP contribution in [-0.2, 0) is 4.79 Å². The van der Waals surface area contributed by atoms with Crippen LogP contribution in [0.1, 0.15) is 25.6 Å². The lowest BCUT2D eigenvalue weighted by atomic mass is 10.1. The zero-order valence-corrected chi connectivity index (χ0v) is 11.1. The minimum absolute atomic E-state index is 0.0720. The predicted octanol–water partition coefficient (Wildman–Crippen LogP) is 1.82. The number of carboxylic acid groups (broad SMARTS) is 1. The Hall–Kier alpha value is -2.11. The van der Waals surface area contributed by atoms with Crippen molar-refractivity contribution < 1.29 is 9.90 Å². The van der Waals surface area contributed by atoms with Crippen LogP contribution in [0.3, 0.4) is 0 Å². The molecular weight excluding hydrogens is 244 g/mol. The number of carboxylic acids is 1. The minimum Gasteiger partial charge on any atom is -0.481 e. The van der Waals surface area contributed by atoms with Crippen molar-refractivity contribution in [2.45, 2.75) is 19.8 Å². The van der Waals surface area contributed by atoms with Crippen molar-refractivity contribution in [3.8, 4) is 0 Å². The summed E-state index contributed by atoms with van der Waals surface area (Å²) in [5, 5.41) is 12.2. The third kappa shape index (κ3) is 1.67. The molecule has 3 rings (SSSR count). The van der Waals surface area contributed by atoms with E-state index < -0.39 is 5.97 Å². The average Bonchev–Trinajstić information content (AvgIpc) is 2.75. The summed E-state index contributed by atoms with van der Waals surface area (Å²) in [6.07, 6.45) is 0. The zero-order valence-electron chi connectivity index (χ0n) is 11.1. The average molecular weight is 260 g/mol. The predicted molar refractivity (Wildman–Crippen MR) is 71.1 cm³/mol. The summed E-state index contributed by atoms with van der Waals surface area (Å²) in [7, 11) is 1.80. The molecule has 1 aliphatic rings. The number of aliphatic carboxylic acids is 1. The van der Waals surface area contributed by atoms with E-state index in [4.69, 9.17) is 0 Å². The van der Waals surface area contributed by atoms with Gasteiger partial charge in [0.1, 0.15) is 11.6 Å². The third-order valence-corrected chi connectivity index (χ3v) is 4.01. The zero-order chi connectivity index (χ0) is 13.8. The Morgan fingerprint density at radius 3 is 2.74 bits per heavy atom. The molecule has 6 nitrogen and oxygen atoms in total. The number of H-pyrrole nitrogens is 1. The number of anilines is 1. The van der Waals surface area contributed by atoms with Crippen molar-refractivity contribution in [2.24, 2.45) is 11.3 Å². The van der Waals surface area contributed by atoms with E-state index in [2.05, 4.69) is 20.3 Å². The van der Waals surface area contributed by atoms with Crippen molar-refractivity contribution in [3.05, 3.63) is 18.0 Å². The highest BCUT2D eigenvalue weighted by molar-refractivity contribution is 5.78. The number of aromatic nitrogens is 3. The third-order valence-electron chi connectivity index (χ3n) is 4.01. The summed E-state index contributed by atoms with van der Waals surface area (Å²) >= 11 is 0. The summed E-state index contributed by atoms with van der Waals surface area (Å²) in [5.74, 6) is 0.247. The van der Waals surface area contributed by atoms with Gasteiger partial charge in [-0.3, -0.25) is 4.79 Å². The summed E-state index contributed by atoms with van der Waals surface area (Å²) in [4.78, 5) is 23.2. The topological polar surface area (TPSA) is 90.9 Å². The highest BCUT2D eigenvalue weighted by atomic mass is 16.4. The number of hydrogen-bond donors (Lipinski definition) is 3. The van der Waals surface area contributed by atoms with Gasteiger partial charge in [-0.05, 0) is 17.5 Å². The van der Waals surface area contributed by atoms with Crippen LogP contribution in [0.4, 0.5) is 5.82 Å². The lowest BCUT2D eigenvalue weighted by molar-refractivity contribution is -0.139. The van der Waals surface area contributed by atoms with Crippen LogP contribution in [0.15, 0.2) is 12.1 Å². The number of carbonyl (C=O) groups is 1. The van der Waals surface area contributed by atoms with Gasteiger partial charge >= 0.3 is 5.97 Å². The van der Waals surface area contributed by atoms with Gasteiger partial charge in [-0.25, -0.2) is 9.97 Å². The number of fused-ring (bicyclic) bond motifs is 1. The molecule has 0 aliphatic heterocycles. The summed E-state index contributed by atoms with van der Waals surface area (Å²) in [6, 6.07) is 3.76. The van der Waals surface area contributed by atoms with Gasteiger partial charge in [-0.1, -0.05) is 13.8 Å². The fourth-order valence-electron chi connectivity index (χ4n) is 2.81. The Balaban J connectivity index is 2.01. The summed E-state index contributed by atoms with van der Waals surface area (Å²) < 4.78 is 0. The van der Waals surface area contributed by atoms with E-state index in [1.54, 1.807) is 7.05 Å². The fraction of sp³-hybridized carbons (Fsp3) is 0.462. The van der Waals surface area contributed by atoms with Gasteiger partial charge in [-0.2, -0.15) is 0 Å². The lowest BCUT2D eigenvalue weighted by Crippen LogP contribution is -2.03. The maximum Gasteiger partial charge on any atom is 0.307 e. The van der Waals surface area contributed by atoms with Crippen LogP contribution in [-0.4, -0.2) is 33.1 Å². The minimum atomic E-state index is -0.765. The molecule has 0 bridgehead atoms. The van der Waals surface area contributed by atoms with Gasteiger partial charge in [0.25, 0.3) is 0 Å². The fourth-order valence-corrected chi connectivity index (χ4v) is 2.81. The molecule has 6 heteroatoms. The second-order valence-corrected chi connectivity index (χ2v) is 5.55. The van der Waals surface area contributed by atoms with Gasteiger partial charge in [-0.15, -0.1) is 0 Å². The van der Waals surface area contributed by atoms with E-state index >= 15 is 0 Å². The van der Waals surface area contributed by atoms with Crippen LogP contribution in [0.25, 0.3) is 11.2 Å². The first kappa shape index (κ1) is 12.0. The first-order chi connectivity index (χ1) is 8.95. The van der Waals surface area contributed by atoms with E-state index in [-0.39, 0.29) is 17.3 Å². The van der Waals surface area contributed by atoms with Crippen LogP contribution in [0.2, 0.25) is 0 Å². The number of aromatic amines is 1. The van der Waals surface area contributed by atoms with Crippen LogP contribution in [0.5, 0.6) is 0 Å². The molecule has 2 aromatic rings. The monoisotopic (exact) mass is 260 g/mol. The molecule has 100 valence electrons. The van der Waals surface area contributed by atoms with E-state index in [0.717, 1.165) is 11.3 Å². The Kier molecular flexibility index (Phi) is 2.32. The standard InChI is InChI=1S/C13H16N4O2/c1-13(2)8(9(13)12(18)19)11-15-6-4-5-7(14-3)16-10(6)17-11/h4-5,8-9H,1-3H3,(H,18,19)(H2,14,15,16,17). The molecule has 2 heterocycles. The maximum absolute atomic E-state index is 11.2. The van der Waals surface area contributed by atoms with Gasteiger partial charge in [0.2, 0.25) is 0 Å². The summed E-state index contributed by atoms with van der Waals surface area (Å²) in [6.45, 7) is 3.91. The first-order valence-corrected chi connectivity index (χ1v) is 6.22. The normalized spacial score (nSPS) is 24.4. The molecule has 2 atom stereocenters. The summed E-state index contributed by atoms with van der Waals surface area (Å²) in [5.41, 5.74) is 1.19. The SMILES string of the molecule is CNc1ccc2[nH]c(C3C(C(=O)O)C3(C)C)nc2n1. The number of imidazole rings is 1. The van der Waals surface area contributed by atoms with Crippen molar-refractivity contribution in [1.82, 2.24) is 15.0 Å². The molecule has 0 aromatic carbocycles. The molecule has 1 fully saturated rings. The Morgan fingerprint density at radius 2 is 2.16 bits per heavy atom. The second kappa shape index (κ2) is 3.69. The Bertz CT molecular complexity index is 662. The molecule has 19 heavy (non-hydrogen) atoms. The smallest absolute Gasteiger partial charge is 0.307 e. The molecule has 1 saturated carbocycles. The Labute approximate surface area is 110 Å². The van der Waals surface area contributed by atoms with Crippen molar-refractivity contribution in [3.63, 3.8) is 0 Å². The van der Waals surface area contributed by atoms with Gasteiger partial charge in [0.05, 0.1) is 11.4 Å². The highest BCUT2D eigenvalue weighted by Gasteiger charge is 2.64. The quantitative estimate of drug-likeness (QED) is 0.783. The number of nitrogens with one attached hydrogen (secondary N) is 2. The molecule has 0 amide bonds. The Morgan fingerprint density at radius 1 is 1.42 bits per heavy atom. The molecule has 1 aliphatic carbocycles. The van der Waals surface area contributed by atoms with Crippen LogP contribution >= 0.6 is 0 Å². The molecule has 3 N–H and O–H groups in total. The molecular formula is C13H16N4O2. The second-order valence-electron chi connectivity index (χ2n) is 5.55. The van der Waals surface area contributed by atoms with Gasteiger partial charge < -0.3 is 15.4 Å². The molecule has 0 spiro atoms. The van der Waals surface area contributed by atoms with Crippen molar-refractivity contribution in [2.75, 3.05) is 12.4 Å². The number of rotatable bonds is 3. The highest BCUT2D eigenvalue weighted by Crippen LogP contribution is 2.63. The van der Waals surface area contributed by atoms with E-state index in [9.17, 15) is 9.90 Å². The van der Waals surface area contributed by atoms with E-state index in [1.807, 2.05) is 26.0 Å². The van der Waals surface area contributed by atoms with E-state index in [0.29, 0.717) is 11.5 Å². The number of pyridine rings is 1. The van der Waals surface area contributed by atoms with Crippen LogP contribution in [0, 0.1) is 11.3 Å². The largest absolute Gasteiger partial charge is 0.481 e. The molecule has 2 aromatic heterocycles.